The average Bonchev–Trinajstić information content (AvgIpc) is 3.19. The maximum Gasteiger partial charge on any atom is 0.279 e. The molecule has 1 aromatic heterocycles. The Kier molecular flexibility index (Phi) is 6.42. The van der Waals surface area contributed by atoms with E-state index in [-0.39, 0.29) is 5.91 Å². The van der Waals surface area contributed by atoms with E-state index >= 15 is 0 Å². The Morgan fingerprint density at radius 2 is 2.12 bits per heavy atom. The molecule has 0 unspecified atom stereocenters. The smallest absolute Gasteiger partial charge is 0.279 e. The molecule has 0 atom stereocenters. The van der Waals surface area contributed by atoms with Crippen molar-refractivity contribution < 1.29 is 14.4 Å². The molecule has 0 spiro atoms. The number of nitrogens with one attached hydrogen (secondary N) is 4. The summed E-state index contributed by atoms with van der Waals surface area (Å²) >= 11 is 6.79. The second-order valence-electron chi connectivity index (χ2n) is 6.21. The molecular formula is C16H25N4O2S2+. The molecule has 0 aromatic carbocycles. The molecule has 6 nitrogen and oxygen atoms in total. The lowest BCUT2D eigenvalue weighted by Gasteiger charge is -2.23. The number of quaternary nitrogens is 1. The summed E-state index contributed by atoms with van der Waals surface area (Å²) in [6, 6.07) is 2.01. The zero-order valence-electron chi connectivity index (χ0n) is 13.8. The molecule has 4 N–H and O–H groups in total. The van der Waals surface area contributed by atoms with Gasteiger partial charge in [0.25, 0.3) is 5.91 Å². The molecule has 1 amide bonds. The molecule has 2 heterocycles. The minimum absolute atomic E-state index is 0.115. The number of thiophene rings is 1. The molecule has 1 aromatic rings. The van der Waals surface area contributed by atoms with Gasteiger partial charge in [-0.15, -0.1) is 11.3 Å². The van der Waals surface area contributed by atoms with Crippen molar-refractivity contribution in [2.24, 2.45) is 0 Å². The number of thiocarbonyl (C=S) groups is 1. The van der Waals surface area contributed by atoms with Crippen LogP contribution in [0.15, 0.2) is 6.07 Å². The molecule has 0 radical (unpaired) electrons. The largest absolute Gasteiger partial charge is 0.370 e. The van der Waals surface area contributed by atoms with E-state index in [0.29, 0.717) is 5.11 Å². The maximum absolute atomic E-state index is 12.1. The highest BCUT2D eigenvalue weighted by Gasteiger charge is 2.18. The quantitative estimate of drug-likeness (QED) is 0.325. The van der Waals surface area contributed by atoms with Gasteiger partial charge in [0.2, 0.25) is 0 Å². The van der Waals surface area contributed by atoms with Crippen molar-refractivity contribution in [3.05, 3.63) is 21.4 Å². The van der Waals surface area contributed by atoms with Crippen LogP contribution in [0.2, 0.25) is 0 Å². The van der Waals surface area contributed by atoms with Crippen molar-refractivity contribution >= 4 is 34.6 Å². The minimum Gasteiger partial charge on any atom is -0.370 e. The number of amides is 1. The summed E-state index contributed by atoms with van der Waals surface area (Å²) in [7, 11) is 0. The Bertz CT molecular complexity index is 563. The highest BCUT2D eigenvalue weighted by Crippen LogP contribution is 2.30. The summed E-state index contributed by atoms with van der Waals surface area (Å²) < 4.78 is 5.35. The van der Waals surface area contributed by atoms with Crippen LogP contribution in [-0.4, -0.2) is 50.4 Å². The molecule has 3 rings (SSSR count). The molecule has 0 bridgehead atoms. The van der Waals surface area contributed by atoms with Crippen molar-refractivity contribution in [2.75, 3.05) is 39.4 Å². The highest BCUT2D eigenvalue weighted by atomic mass is 32.1. The summed E-state index contributed by atoms with van der Waals surface area (Å²) in [5.74, 6) is -0.115. The Morgan fingerprint density at radius 1 is 1.29 bits per heavy atom. The van der Waals surface area contributed by atoms with Gasteiger partial charge < -0.3 is 15.0 Å². The first-order valence-corrected chi connectivity index (χ1v) is 9.82. The summed E-state index contributed by atoms with van der Waals surface area (Å²) in [4.78, 5) is 15.8. The third-order valence-electron chi connectivity index (χ3n) is 4.45. The lowest BCUT2D eigenvalue weighted by molar-refractivity contribution is -0.908. The lowest BCUT2D eigenvalue weighted by Crippen LogP contribution is -3.14. The first-order chi connectivity index (χ1) is 11.7. The van der Waals surface area contributed by atoms with E-state index in [4.69, 9.17) is 17.0 Å². The van der Waals surface area contributed by atoms with Gasteiger partial charge in [-0.2, -0.15) is 0 Å². The van der Waals surface area contributed by atoms with E-state index in [1.54, 1.807) is 16.2 Å². The van der Waals surface area contributed by atoms with Crippen LogP contribution in [0.5, 0.6) is 0 Å². The predicted molar refractivity (Wildman–Crippen MR) is 98.5 cm³/mol. The van der Waals surface area contributed by atoms with Crippen molar-refractivity contribution in [2.45, 2.75) is 25.7 Å². The number of hydrogen-bond donors (Lipinski definition) is 4. The second-order valence-corrected chi connectivity index (χ2v) is 7.76. The molecule has 1 fully saturated rings. The topological polar surface area (TPSA) is 66.8 Å². The van der Waals surface area contributed by atoms with E-state index in [1.807, 2.05) is 6.07 Å². The SMILES string of the molecule is O=C(NNC(=S)NCCC[NH+]1CCOCC1)c1cc2c(s1)CCC2. The van der Waals surface area contributed by atoms with Crippen LogP contribution >= 0.6 is 23.6 Å². The van der Waals surface area contributed by atoms with Crippen LogP contribution in [0.3, 0.4) is 0 Å². The third-order valence-corrected chi connectivity index (χ3v) is 5.93. The summed E-state index contributed by atoms with van der Waals surface area (Å²) in [6.45, 7) is 5.82. The third kappa shape index (κ3) is 4.89. The van der Waals surface area contributed by atoms with Gasteiger partial charge in [-0.05, 0) is 43.1 Å². The van der Waals surface area contributed by atoms with E-state index < -0.39 is 0 Å². The van der Waals surface area contributed by atoms with Crippen molar-refractivity contribution in [1.29, 1.82) is 0 Å². The zero-order chi connectivity index (χ0) is 16.8. The first-order valence-electron chi connectivity index (χ1n) is 8.59. The number of morpholine rings is 1. The second kappa shape index (κ2) is 8.75. The fourth-order valence-electron chi connectivity index (χ4n) is 3.11. The molecule has 0 saturated carbocycles. The number of ether oxygens (including phenoxy) is 1. The Morgan fingerprint density at radius 3 is 2.92 bits per heavy atom. The van der Waals surface area contributed by atoms with E-state index in [1.165, 1.54) is 16.9 Å². The minimum atomic E-state index is -0.115. The van der Waals surface area contributed by atoms with Crippen LogP contribution in [0.4, 0.5) is 0 Å². The number of fused-ring (bicyclic) bond motifs is 1. The van der Waals surface area contributed by atoms with Crippen LogP contribution in [0.1, 0.15) is 33.0 Å². The van der Waals surface area contributed by atoms with Crippen molar-refractivity contribution in [1.82, 2.24) is 16.2 Å². The van der Waals surface area contributed by atoms with Crippen LogP contribution < -0.4 is 21.1 Å². The average molecular weight is 370 g/mol. The molecule has 24 heavy (non-hydrogen) atoms. The van der Waals surface area contributed by atoms with Crippen molar-refractivity contribution in [3.63, 3.8) is 0 Å². The molecule has 2 aliphatic rings. The van der Waals surface area contributed by atoms with Gasteiger partial charge in [-0.1, -0.05) is 0 Å². The molecule has 1 saturated heterocycles. The molecule has 132 valence electrons. The molecule has 1 aliphatic heterocycles. The number of aryl methyl sites for hydroxylation is 2. The Hall–Kier alpha value is -1.22. The summed E-state index contributed by atoms with van der Waals surface area (Å²) in [5, 5.41) is 3.59. The first kappa shape index (κ1) is 17.6. The van der Waals surface area contributed by atoms with Crippen LogP contribution in [0.25, 0.3) is 0 Å². The number of carbonyl (C=O) groups excluding carboxylic acids is 1. The molecule has 8 heteroatoms. The van der Waals surface area contributed by atoms with Gasteiger partial charge in [0.15, 0.2) is 5.11 Å². The van der Waals surface area contributed by atoms with E-state index in [2.05, 4.69) is 16.2 Å². The van der Waals surface area contributed by atoms with E-state index in [0.717, 1.165) is 63.5 Å². The van der Waals surface area contributed by atoms with Crippen LogP contribution in [-0.2, 0) is 17.6 Å². The fourth-order valence-corrected chi connectivity index (χ4v) is 4.41. The monoisotopic (exact) mass is 369 g/mol. The van der Waals surface area contributed by atoms with Gasteiger partial charge in [0, 0.05) is 17.8 Å². The van der Waals surface area contributed by atoms with Crippen LogP contribution in [0, 0.1) is 0 Å². The summed E-state index contributed by atoms with van der Waals surface area (Å²) in [6.07, 6.45) is 4.45. The number of rotatable bonds is 5. The molecule has 1 aliphatic carbocycles. The fraction of sp³-hybridized carbons (Fsp3) is 0.625. The Balaban J connectivity index is 1.29. The van der Waals surface area contributed by atoms with Gasteiger partial charge in [-0.3, -0.25) is 15.6 Å². The Labute approximate surface area is 151 Å². The lowest BCUT2D eigenvalue weighted by atomic mass is 10.2. The normalized spacial score (nSPS) is 17.3. The zero-order valence-corrected chi connectivity index (χ0v) is 15.4. The number of carbonyl (C=O) groups is 1. The van der Waals surface area contributed by atoms with Gasteiger partial charge in [-0.25, -0.2) is 0 Å². The predicted octanol–water partition coefficient (Wildman–Crippen LogP) is -0.349. The van der Waals surface area contributed by atoms with Crippen molar-refractivity contribution in [3.8, 4) is 0 Å². The maximum atomic E-state index is 12.1. The summed E-state index contributed by atoms with van der Waals surface area (Å²) in [5.41, 5.74) is 6.79. The highest BCUT2D eigenvalue weighted by molar-refractivity contribution is 7.80. The van der Waals surface area contributed by atoms with Gasteiger partial charge >= 0.3 is 0 Å². The van der Waals surface area contributed by atoms with Gasteiger partial charge in [0.05, 0.1) is 24.6 Å². The van der Waals surface area contributed by atoms with E-state index in [9.17, 15) is 4.79 Å². The van der Waals surface area contributed by atoms with Gasteiger partial charge in [0.1, 0.15) is 13.1 Å². The standard InChI is InChI=1S/C16H24N4O2S2/c21-15(14-11-12-3-1-4-13(12)24-14)18-19-16(23)17-5-2-6-20-7-9-22-10-8-20/h11H,1-10H2,(H,18,21)(H2,17,19,23)/p+1. The number of hydrogen-bond acceptors (Lipinski definition) is 4. The molecular weight excluding hydrogens is 344 g/mol. The number of hydrazine groups is 1.